The number of benzene rings is 1. The average Bonchev–Trinajstić information content (AvgIpc) is 3.08. The van der Waals surface area contributed by atoms with E-state index in [0.29, 0.717) is 12.0 Å². The van der Waals surface area contributed by atoms with Gasteiger partial charge in [-0.25, -0.2) is 4.99 Å². The highest BCUT2D eigenvalue weighted by Crippen LogP contribution is 2.37. The summed E-state index contributed by atoms with van der Waals surface area (Å²) >= 11 is 0. The molecule has 1 aliphatic rings. The van der Waals surface area contributed by atoms with Crippen LogP contribution in [-0.4, -0.2) is 19.1 Å². The molecule has 3 N–H and O–H groups in total. The summed E-state index contributed by atoms with van der Waals surface area (Å²) in [7, 11) is 1.64. The molecule has 0 amide bonds. The first-order chi connectivity index (χ1) is 8.74. The zero-order valence-corrected chi connectivity index (χ0v) is 13.8. The van der Waals surface area contributed by atoms with E-state index in [4.69, 9.17) is 10.5 Å². The van der Waals surface area contributed by atoms with Crippen molar-refractivity contribution < 1.29 is 4.74 Å². The topological polar surface area (TPSA) is 59.6 Å². The number of ether oxygens (including phenoxy) is 1. The van der Waals surface area contributed by atoms with Crippen molar-refractivity contribution >= 4 is 35.6 Å². The molecule has 0 saturated heterocycles. The largest absolute Gasteiger partial charge is 0.495 e. The third-order valence-corrected chi connectivity index (χ3v) is 3.22. The number of hydrogen-bond acceptors (Lipinski definition) is 2. The van der Waals surface area contributed by atoms with E-state index in [1.807, 2.05) is 24.3 Å². The molecular formula is C14H22IN3O. The van der Waals surface area contributed by atoms with Gasteiger partial charge in [-0.05, 0) is 30.9 Å². The minimum atomic E-state index is 0. The predicted octanol–water partition coefficient (Wildman–Crippen LogP) is 3.23. The molecule has 19 heavy (non-hydrogen) atoms. The first-order valence-corrected chi connectivity index (χ1v) is 6.48. The van der Waals surface area contributed by atoms with Gasteiger partial charge in [-0.3, -0.25) is 0 Å². The number of para-hydroxylation sites is 2. The van der Waals surface area contributed by atoms with E-state index in [1.165, 1.54) is 19.3 Å². The Balaban J connectivity index is 0.00000180. The van der Waals surface area contributed by atoms with Gasteiger partial charge >= 0.3 is 0 Å². The van der Waals surface area contributed by atoms with E-state index in [-0.39, 0.29) is 24.0 Å². The number of guanidine groups is 1. The second kappa shape index (κ2) is 7.57. The first-order valence-electron chi connectivity index (χ1n) is 6.48. The molecule has 5 heteroatoms. The number of nitrogens with one attached hydrogen (secondary N) is 1. The molecule has 1 fully saturated rings. The molecule has 1 aliphatic carbocycles. The monoisotopic (exact) mass is 375 g/mol. The Bertz CT molecular complexity index is 436. The lowest BCUT2D eigenvalue weighted by atomic mass is 10.2. The minimum Gasteiger partial charge on any atom is -0.495 e. The van der Waals surface area contributed by atoms with Gasteiger partial charge in [0.05, 0.1) is 18.8 Å². The van der Waals surface area contributed by atoms with Crippen molar-refractivity contribution in [1.29, 1.82) is 0 Å². The number of hydrogen-bond donors (Lipinski definition) is 2. The lowest BCUT2D eigenvalue weighted by molar-refractivity contribution is 0.417. The Morgan fingerprint density at radius 1 is 1.47 bits per heavy atom. The fourth-order valence-corrected chi connectivity index (χ4v) is 2.17. The van der Waals surface area contributed by atoms with Crippen LogP contribution < -0.4 is 15.8 Å². The highest BCUT2D eigenvalue weighted by atomic mass is 127. The number of aliphatic imine (C=N–C) groups is 1. The van der Waals surface area contributed by atoms with E-state index >= 15 is 0 Å². The number of nitrogens with two attached hydrogens (primary N) is 1. The maximum atomic E-state index is 5.91. The zero-order valence-electron chi connectivity index (χ0n) is 11.4. The second-order valence-corrected chi connectivity index (χ2v) is 4.69. The third kappa shape index (κ3) is 4.56. The van der Waals surface area contributed by atoms with Gasteiger partial charge in [0.1, 0.15) is 5.75 Å². The van der Waals surface area contributed by atoms with Gasteiger partial charge in [-0.1, -0.05) is 25.5 Å². The van der Waals surface area contributed by atoms with Crippen LogP contribution in [0.2, 0.25) is 0 Å². The molecule has 1 aromatic carbocycles. The fraction of sp³-hybridized carbons (Fsp3) is 0.500. The summed E-state index contributed by atoms with van der Waals surface area (Å²) in [6.07, 6.45) is 3.63. The van der Waals surface area contributed by atoms with Crippen LogP contribution >= 0.6 is 24.0 Å². The normalized spacial score (nSPS) is 21.5. The molecule has 106 valence electrons. The lowest BCUT2D eigenvalue weighted by Crippen LogP contribution is -2.23. The molecule has 0 aromatic heterocycles. The zero-order chi connectivity index (χ0) is 13.0. The summed E-state index contributed by atoms with van der Waals surface area (Å²) in [6.45, 7) is 2.20. The second-order valence-electron chi connectivity index (χ2n) is 4.69. The van der Waals surface area contributed by atoms with Gasteiger partial charge in [0.15, 0.2) is 5.96 Å². The Labute approximate surface area is 131 Å². The van der Waals surface area contributed by atoms with E-state index in [2.05, 4.69) is 17.2 Å². The van der Waals surface area contributed by atoms with Gasteiger partial charge in [-0.15, -0.1) is 24.0 Å². The summed E-state index contributed by atoms with van der Waals surface area (Å²) in [6, 6.07) is 8.10. The minimum absolute atomic E-state index is 0. The van der Waals surface area contributed by atoms with Crippen LogP contribution in [0.25, 0.3) is 0 Å². The molecule has 0 bridgehead atoms. The van der Waals surface area contributed by atoms with Crippen molar-refractivity contribution in [2.24, 2.45) is 16.6 Å². The Hall–Kier alpha value is -0.980. The van der Waals surface area contributed by atoms with E-state index in [9.17, 15) is 0 Å². The Morgan fingerprint density at radius 3 is 2.89 bits per heavy atom. The predicted molar refractivity (Wildman–Crippen MR) is 90.5 cm³/mol. The van der Waals surface area contributed by atoms with E-state index in [0.717, 1.165) is 17.4 Å². The standard InChI is InChI=1S/C14H21N3O.HI/c1-3-6-10-9-12(10)17-14(15)16-11-7-4-5-8-13(11)18-2;/h4-5,7-8,10,12H,3,6,9H2,1-2H3,(H3,15,16,17);1H. The van der Waals surface area contributed by atoms with Crippen molar-refractivity contribution in [3.05, 3.63) is 24.3 Å². The number of rotatable bonds is 5. The van der Waals surface area contributed by atoms with Crippen LogP contribution in [-0.2, 0) is 0 Å². The molecule has 0 radical (unpaired) electrons. The molecule has 1 aromatic rings. The maximum Gasteiger partial charge on any atom is 0.193 e. The Kier molecular flexibility index (Phi) is 6.41. The van der Waals surface area contributed by atoms with Crippen molar-refractivity contribution in [1.82, 2.24) is 0 Å². The fourth-order valence-electron chi connectivity index (χ4n) is 2.17. The van der Waals surface area contributed by atoms with Crippen LogP contribution in [0.1, 0.15) is 26.2 Å². The maximum absolute atomic E-state index is 5.91. The first kappa shape index (κ1) is 16.1. The van der Waals surface area contributed by atoms with Crippen molar-refractivity contribution in [3.63, 3.8) is 0 Å². The molecule has 2 unspecified atom stereocenters. The van der Waals surface area contributed by atoms with Gasteiger partial charge in [0.25, 0.3) is 0 Å². The summed E-state index contributed by atoms with van der Waals surface area (Å²) in [5.41, 5.74) is 6.77. The van der Waals surface area contributed by atoms with E-state index < -0.39 is 0 Å². The van der Waals surface area contributed by atoms with Gasteiger partial charge in [0, 0.05) is 0 Å². The molecule has 0 heterocycles. The van der Waals surface area contributed by atoms with Gasteiger partial charge < -0.3 is 15.8 Å². The summed E-state index contributed by atoms with van der Waals surface area (Å²) in [5.74, 6) is 1.98. The smallest absolute Gasteiger partial charge is 0.193 e. The number of anilines is 1. The van der Waals surface area contributed by atoms with Crippen LogP contribution in [0.3, 0.4) is 0 Å². The number of methoxy groups -OCH3 is 1. The van der Waals surface area contributed by atoms with Gasteiger partial charge in [-0.2, -0.15) is 0 Å². The SMILES string of the molecule is CCCC1CC1N=C(N)Nc1ccccc1OC.I. The highest BCUT2D eigenvalue weighted by molar-refractivity contribution is 14.0. The Morgan fingerprint density at radius 2 is 2.21 bits per heavy atom. The molecule has 1 saturated carbocycles. The van der Waals surface area contributed by atoms with Gasteiger partial charge in [0.2, 0.25) is 0 Å². The lowest BCUT2D eigenvalue weighted by Gasteiger charge is -2.09. The quantitative estimate of drug-likeness (QED) is 0.472. The van der Waals surface area contributed by atoms with Crippen LogP contribution in [0.4, 0.5) is 5.69 Å². The molecule has 0 spiro atoms. The molecule has 2 rings (SSSR count). The molecule has 2 atom stereocenters. The van der Waals surface area contributed by atoms with E-state index in [1.54, 1.807) is 7.11 Å². The highest BCUT2D eigenvalue weighted by Gasteiger charge is 2.36. The average molecular weight is 375 g/mol. The summed E-state index contributed by atoms with van der Waals surface area (Å²) in [4.78, 5) is 4.49. The van der Waals surface area contributed by atoms with Crippen molar-refractivity contribution in [2.75, 3.05) is 12.4 Å². The molecular weight excluding hydrogens is 353 g/mol. The third-order valence-electron chi connectivity index (χ3n) is 3.22. The molecule has 0 aliphatic heterocycles. The van der Waals surface area contributed by atoms with Crippen LogP contribution in [0, 0.1) is 5.92 Å². The summed E-state index contributed by atoms with van der Waals surface area (Å²) < 4.78 is 5.25. The summed E-state index contributed by atoms with van der Waals surface area (Å²) in [5, 5.41) is 3.10. The van der Waals surface area contributed by atoms with Crippen LogP contribution in [0.15, 0.2) is 29.3 Å². The van der Waals surface area contributed by atoms with Crippen molar-refractivity contribution in [2.45, 2.75) is 32.2 Å². The number of halogens is 1. The molecule has 4 nitrogen and oxygen atoms in total. The number of nitrogens with zero attached hydrogens (tertiary/aromatic N) is 1. The van der Waals surface area contributed by atoms with Crippen molar-refractivity contribution in [3.8, 4) is 5.75 Å². The van der Waals surface area contributed by atoms with Crippen LogP contribution in [0.5, 0.6) is 5.75 Å².